The zero-order valence-electron chi connectivity index (χ0n) is 6.85. The predicted octanol–water partition coefficient (Wildman–Crippen LogP) is 2.29. The van der Waals surface area contributed by atoms with Gasteiger partial charge in [-0.05, 0) is 29.8 Å². The molecule has 0 aliphatic rings. The quantitative estimate of drug-likeness (QED) is 0.818. The zero-order valence-corrected chi connectivity index (χ0v) is 8.43. The van der Waals surface area contributed by atoms with Crippen molar-refractivity contribution in [2.75, 3.05) is 6.61 Å². The smallest absolute Gasteiger partial charge is 0.360 e. The number of halogens is 1. The van der Waals surface area contributed by atoms with Crippen LogP contribution in [-0.4, -0.2) is 22.8 Å². The Kier molecular flexibility index (Phi) is 4.69. The third kappa shape index (κ3) is 2.55. The van der Waals surface area contributed by atoms with Crippen LogP contribution in [0, 0.1) is 6.92 Å². The minimum atomic E-state index is -0.409. The molecule has 1 N–H and O–H groups in total. The summed E-state index contributed by atoms with van der Waals surface area (Å²) in [6, 6.07) is 0. The van der Waals surface area contributed by atoms with Crippen LogP contribution < -0.4 is 0 Å². The van der Waals surface area contributed by atoms with Crippen molar-refractivity contribution in [2.24, 2.45) is 0 Å². The van der Waals surface area contributed by atoms with Crippen molar-refractivity contribution in [3.8, 4) is 0 Å². The Bertz CT molecular complexity index is 296. The van der Waals surface area contributed by atoms with E-state index in [2.05, 4.69) is 26.1 Å². The number of nitrogens with zero attached hydrogens (tertiary/aromatic N) is 1. The van der Waals surface area contributed by atoms with Gasteiger partial charge in [0.15, 0.2) is 5.69 Å². The van der Waals surface area contributed by atoms with Gasteiger partial charge in [-0.3, -0.25) is 5.10 Å². The molecule has 0 unspecified atom stereocenters. The van der Waals surface area contributed by atoms with Crippen molar-refractivity contribution < 1.29 is 9.53 Å². The molecule has 74 valence electrons. The first-order chi connectivity index (χ1) is 5.66. The molecule has 0 amide bonds. The van der Waals surface area contributed by atoms with E-state index in [0.29, 0.717) is 16.8 Å². The molecule has 0 saturated carbocycles. The molecule has 1 rings (SSSR count). The van der Waals surface area contributed by atoms with Gasteiger partial charge in [0.05, 0.1) is 11.1 Å². The molecule has 0 spiro atoms. The van der Waals surface area contributed by atoms with Crippen molar-refractivity contribution in [3.63, 3.8) is 0 Å². The Morgan fingerprint density at radius 3 is 2.69 bits per heavy atom. The molecule has 1 heterocycles. The number of carbonyl (C=O) groups excluding carboxylic acids is 1. The maximum Gasteiger partial charge on any atom is 0.360 e. The lowest BCUT2D eigenvalue weighted by Crippen LogP contribution is -2.05. The van der Waals surface area contributed by atoms with Gasteiger partial charge < -0.3 is 4.74 Å². The average molecular weight is 249 g/mol. The summed E-state index contributed by atoms with van der Waals surface area (Å²) in [4.78, 5) is 11.1. The number of esters is 1. The fourth-order valence-corrected chi connectivity index (χ4v) is 1.09. The largest absolute Gasteiger partial charge is 0.461 e. The van der Waals surface area contributed by atoms with Gasteiger partial charge in [-0.1, -0.05) is 7.43 Å². The molecule has 0 aliphatic carbocycles. The van der Waals surface area contributed by atoms with Gasteiger partial charge >= 0.3 is 5.97 Å². The summed E-state index contributed by atoms with van der Waals surface area (Å²) in [7, 11) is 0. The number of aryl methyl sites for hydroxylation is 1. The summed E-state index contributed by atoms with van der Waals surface area (Å²) in [5.41, 5.74) is 1.12. The van der Waals surface area contributed by atoms with E-state index in [4.69, 9.17) is 4.74 Å². The fourth-order valence-electron chi connectivity index (χ4n) is 0.750. The number of rotatable bonds is 2. The van der Waals surface area contributed by atoms with Crippen molar-refractivity contribution in [3.05, 3.63) is 15.9 Å². The van der Waals surface area contributed by atoms with Gasteiger partial charge in [0.1, 0.15) is 0 Å². The van der Waals surface area contributed by atoms with Crippen LogP contribution in [0.15, 0.2) is 4.47 Å². The molecule has 0 radical (unpaired) electrons. The van der Waals surface area contributed by atoms with E-state index in [-0.39, 0.29) is 7.43 Å². The van der Waals surface area contributed by atoms with E-state index < -0.39 is 5.97 Å². The first kappa shape index (κ1) is 12.2. The number of carbonyl (C=O) groups is 1. The van der Waals surface area contributed by atoms with Crippen LogP contribution in [0.2, 0.25) is 0 Å². The second-order valence-electron chi connectivity index (χ2n) is 2.23. The van der Waals surface area contributed by atoms with Crippen molar-refractivity contribution >= 4 is 21.9 Å². The predicted molar refractivity (Wildman–Crippen MR) is 53.7 cm³/mol. The summed E-state index contributed by atoms with van der Waals surface area (Å²) in [6.45, 7) is 3.93. The van der Waals surface area contributed by atoms with E-state index in [9.17, 15) is 4.79 Å². The van der Waals surface area contributed by atoms with E-state index >= 15 is 0 Å². The molecule has 1 aromatic rings. The number of hydrogen-bond acceptors (Lipinski definition) is 3. The molecular formula is C8H13BrN2O2. The summed E-state index contributed by atoms with van der Waals surface area (Å²) in [5.74, 6) is -0.409. The van der Waals surface area contributed by atoms with E-state index in [1.165, 1.54) is 0 Å². The SMILES string of the molecule is C.CCOC(=O)c1n[nH]c(C)c1Br. The normalized spacial score (nSPS) is 9.15. The first-order valence-electron chi connectivity index (χ1n) is 3.54. The number of H-pyrrole nitrogens is 1. The lowest BCUT2D eigenvalue weighted by atomic mass is 10.4. The second kappa shape index (κ2) is 5.01. The van der Waals surface area contributed by atoms with Gasteiger partial charge in [0.25, 0.3) is 0 Å². The number of hydrogen-bond donors (Lipinski definition) is 1. The van der Waals surface area contributed by atoms with Crippen LogP contribution in [0.4, 0.5) is 0 Å². The third-order valence-electron chi connectivity index (χ3n) is 1.34. The average Bonchev–Trinajstić information content (AvgIpc) is 2.34. The molecular weight excluding hydrogens is 236 g/mol. The van der Waals surface area contributed by atoms with Crippen LogP contribution in [-0.2, 0) is 4.74 Å². The highest BCUT2D eigenvalue weighted by atomic mass is 79.9. The highest BCUT2D eigenvalue weighted by Gasteiger charge is 2.15. The van der Waals surface area contributed by atoms with Crippen molar-refractivity contribution in [1.29, 1.82) is 0 Å². The molecule has 4 nitrogen and oxygen atoms in total. The molecule has 5 heteroatoms. The summed E-state index contributed by atoms with van der Waals surface area (Å²) >= 11 is 3.23. The maximum atomic E-state index is 11.1. The molecule has 0 atom stereocenters. The monoisotopic (exact) mass is 248 g/mol. The lowest BCUT2D eigenvalue weighted by molar-refractivity contribution is 0.0518. The van der Waals surface area contributed by atoms with Gasteiger partial charge in [0.2, 0.25) is 0 Å². The van der Waals surface area contributed by atoms with Crippen LogP contribution in [0.5, 0.6) is 0 Å². The highest BCUT2D eigenvalue weighted by Crippen LogP contribution is 2.18. The van der Waals surface area contributed by atoms with Gasteiger partial charge in [-0.25, -0.2) is 4.79 Å². The van der Waals surface area contributed by atoms with Crippen molar-refractivity contribution in [2.45, 2.75) is 21.3 Å². The minimum Gasteiger partial charge on any atom is -0.461 e. The Balaban J connectivity index is 0.00000144. The summed E-state index contributed by atoms with van der Waals surface area (Å²) in [6.07, 6.45) is 0. The molecule has 0 bridgehead atoms. The lowest BCUT2D eigenvalue weighted by Gasteiger charge is -1.96. The molecule has 0 saturated heterocycles. The molecule has 0 aromatic carbocycles. The Morgan fingerprint density at radius 1 is 1.69 bits per heavy atom. The summed E-state index contributed by atoms with van der Waals surface area (Å²) < 4.78 is 5.44. The van der Waals surface area contributed by atoms with Crippen LogP contribution in [0.3, 0.4) is 0 Å². The fraction of sp³-hybridized carbons (Fsp3) is 0.500. The minimum absolute atomic E-state index is 0. The Hall–Kier alpha value is -0.840. The second-order valence-corrected chi connectivity index (χ2v) is 3.02. The Labute approximate surface area is 85.8 Å². The highest BCUT2D eigenvalue weighted by molar-refractivity contribution is 9.10. The van der Waals surface area contributed by atoms with Gasteiger partial charge in [-0.15, -0.1) is 0 Å². The molecule has 13 heavy (non-hydrogen) atoms. The maximum absolute atomic E-state index is 11.1. The number of aromatic nitrogens is 2. The van der Waals surface area contributed by atoms with E-state index in [0.717, 1.165) is 5.69 Å². The third-order valence-corrected chi connectivity index (χ3v) is 2.31. The Morgan fingerprint density at radius 2 is 2.31 bits per heavy atom. The standard InChI is InChI=1S/C7H9BrN2O2.CH4/c1-3-12-7(11)6-5(8)4(2)9-10-6;/h3H2,1-2H3,(H,9,10);1H4. The molecule has 0 aliphatic heterocycles. The van der Waals surface area contributed by atoms with E-state index in [1.807, 2.05) is 6.92 Å². The number of aromatic amines is 1. The van der Waals surface area contributed by atoms with Crippen LogP contribution in [0.1, 0.15) is 30.5 Å². The molecule has 1 aromatic heterocycles. The van der Waals surface area contributed by atoms with Gasteiger partial charge in [0, 0.05) is 5.69 Å². The number of nitrogens with one attached hydrogen (secondary N) is 1. The zero-order chi connectivity index (χ0) is 9.14. The summed E-state index contributed by atoms with van der Waals surface area (Å²) in [5, 5.41) is 6.47. The first-order valence-corrected chi connectivity index (χ1v) is 4.33. The van der Waals surface area contributed by atoms with Crippen molar-refractivity contribution in [1.82, 2.24) is 10.2 Å². The van der Waals surface area contributed by atoms with E-state index in [1.54, 1.807) is 6.92 Å². The number of ether oxygens (including phenoxy) is 1. The van der Waals surface area contributed by atoms with Crippen LogP contribution >= 0.6 is 15.9 Å². The molecule has 0 fully saturated rings. The van der Waals surface area contributed by atoms with Gasteiger partial charge in [-0.2, -0.15) is 5.10 Å². The topological polar surface area (TPSA) is 55.0 Å². The van der Waals surface area contributed by atoms with Crippen LogP contribution in [0.25, 0.3) is 0 Å².